The van der Waals surface area contributed by atoms with Crippen LogP contribution in [0.5, 0.6) is 5.75 Å². The minimum absolute atomic E-state index is 0.565. The second-order valence-corrected chi connectivity index (χ2v) is 4.54. The van der Waals surface area contributed by atoms with Gasteiger partial charge in [0.25, 0.3) is 0 Å². The van der Waals surface area contributed by atoms with Crippen LogP contribution in [-0.4, -0.2) is 7.11 Å². The average Bonchev–Trinajstić information content (AvgIpc) is 2.29. The van der Waals surface area contributed by atoms with Crippen molar-refractivity contribution >= 4 is 10.8 Å². The van der Waals surface area contributed by atoms with Gasteiger partial charge in [-0.3, -0.25) is 0 Å². The van der Waals surface area contributed by atoms with Crippen LogP contribution in [0.4, 0.5) is 0 Å². The fraction of sp³-hybridized carbons (Fsp3) is 0.333. The Labute approximate surface area is 97.1 Å². The van der Waals surface area contributed by atoms with Crippen LogP contribution in [-0.2, 0) is 0 Å². The van der Waals surface area contributed by atoms with Crippen molar-refractivity contribution < 1.29 is 4.74 Å². The zero-order valence-corrected chi connectivity index (χ0v) is 10.4. The third-order valence-electron chi connectivity index (χ3n) is 3.11. The lowest BCUT2D eigenvalue weighted by Crippen LogP contribution is -1.91. The molecular weight excluding hydrogens is 196 g/mol. The zero-order valence-electron chi connectivity index (χ0n) is 10.4. The topological polar surface area (TPSA) is 9.23 Å². The number of benzene rings is 2. The lowest BCUT2D eigenvalue weighted by Gasteiger charge is -2.11. The Hall–Kier alpha value is -1.50. The van der Waals surface area contributed by atoms with Crippen molar-refractivity contribution in [1.82, 2.24) is 0 Å². The van der Waals surface area contributed by atoms with Crippen LogP contribution in [0.1, 0.15) is 30.9 Å². The second kappa shape index (κ2) is 4.17. The van der Waals surface area contributed by atoms with Gasteiger partial charge in [0.2, 0.25) is 0 Å². The molecule has 1 heteroatoms. The van der Waals surface area contributed by atoms with E-state index in [9.17, 15) is 0 Å². The number of aryl methyl sites for hydroxylation is 1. The summed E-state index contributed by atoms with van der Waals surface area (Å²) in [5.41, 5.74) is 2.68. The van der Waals surface area contributed by atoms with Gasteiger partial charge in [0.05, 0.1) is 7.11 Å². The number of methoxy groups -OCH3 is 1. The van der Waals surface area contributed by atoms with Gasteiger partial charge < -0.3 is 4.74 Å². The molecule has 0 spiro atoms. The molecule has 16 heavy (non-hydrogen) atoms. The molecule has 0 amide bonds. The van der Waals surface area contributed by atoms with Gasteiger partial charge in [-0.25, -0.2) is 0 Å². The first kappa shape index (κ1) is 11.0. The Morgan fingerprint density at radius 3 is 2.38 bits per heavy atom. The molecule has 0 unspecified atom stereocenters. The maximum Gasteiger partial charge on any atom is 0.126 e. The molecule has 0 fully saturated rings. The van der Waals surface area contributed by atoms with Crippen LogP contribution in [0.3, 0.4) is 0 Å². The van der Waals surface area contributed by atoms with E-state index in [-0.39, 0.29) is 0 Å². The molecule has 0 heterocycles. The Balaban J connectivity index is 2.72. The summed E-state index contributed by atoms with van der Waals surface area (Å²) in [5, 5.41) is 2.50. The monoisotopic (exact) mass is 214 g/mol. The fourth-order valence-corrected chi connectivity index (χ4v) is 2.02. The van der Waals surface area contributed by atoms with Crippen LogP contribution in [0, 0.1) is 6.92 Å². The third kappa shape index (κ3) is 1.78. The summed E-state index contributed by atoms with van der Waals surface area (Å²) in [7, 11) is 1.72. The van der Waals surface area contributed by atoms with Gasteiger partial charge in [-0.2, -0.15) is 0 Å². The molecule has 2 rings (SSSR count). The smallest absolute Gasteiger partial charge is 0.126 e. The number of hydrogen-bond donors (Lipinski definition) is 0. The predicted octanol–water partition coefficient (Wildman–Crippen LogP) is 4.28. The quantitative estimate of drug-likeness (QED) is 0.725. The first-order valence-electron chi connectivity index (χ1n) is 5.70. The highest BCUT2D eigenvalue weighted by molar-refractivity contribution is 5.91. The van der Waals surface area contributed by atoms with E-state index in [1.807, 2.05) is 6.07 Å². The molecule has 2 aromatic rings. The number of fused-ring (bicyclic) bond motifs is 1. The van der Waals surface area contributed by atoms with Crippen LogP contribution in [0.2, 0.25) is 0 Å². The van der Waals surface area contributed by atoms with Crippen molar-refractivity contribution in [3.63, 3.8) is 0 Å². The molecule has 0 aliphatic rings. The molecule has 1 nitrogen and oxygen atoms in total. The van der Waals surface area contributed by atoms with E-state index in [0.717, 1.165) is 5.75 Å². The van der Waals surface area contributed by atoms with Crippen molar-refractivity contribution in [2.24, 2.45) is 0 Å². The summed E-state index contributed by atoms with van der Waals surface area (Å²) < 4.78 is 5.38. The first-order chi connectivity index (χ1) is 7.63. The van der Waals surface area contributed by atoms with Gasteiger partial charge in [-0.15, -0.1) is 0 Å². The SMILES string of the molecule is COc1ccc(C)c2cc(C(C)C)ccc12. The predicted molar refractivity (Wildman–Crippen MR) is 69.3 cm³/mol. The first-order valence-corrected chi connectivity index (χ1v) is 5.70. The summed E-state index contributed by atoms with van der Waals surface area (Å²) in [6.45, 7) is 6.58. The maximum absolute atomic E-state index is 5.38. The summed E-state index contributed by atoms with van der Waals surface area (Å²) in [5.74, 6) is 1.52. The Bertz CT molecular complexity index is 512. The van der Waals surface area contributed by atoms with Crippen molar-refractivity contribution in [2.45, 2.75) is 26.7 Å². The lowest BCUT2D eigenvalue weighted by atomic mass is 9.97. The van der Waals surface area contributed by atoms with E-state index in [2.05, 4.69) is 45.0 Å². The van der Waals surface area contributed by atoms with E-state index in [1.54, 1.807) is 7.11 Å². The summed E-state index contributed by atoms with van der Waals surface area (Å²) in [6, 6.07) is 10.8. The third-order valence-corrected chi connectivity index (χ3v) is 3.11. The molecule has 0 radical (unpaired) electrons. The molecular formula is C15H18O. The van der Waals surface area contributed by atoms with Crippen molar-refractivity contribution in [2.75, 3.05) is 7.11 Å². The standard InChI is InChI=1S/C15H18O/c1-10(2)12-6-7-13-14(9-12)11(3)5-8-15(13)16-4/h5-10H,1-4H3. The second-order valence-electron chi connectivity index (χ2n) is 4.54. The molecule has 2 aromatic carbocycles. The van der Waals surface area contributed by atoms with Gasteiger partial charge >= 0.3 is 0 Å². The molecule has 0 saturated carbocycles. The highest BCUT2D eigenvalue weighted by Gasteiger charge is 2.06. The largest absolute Gasteiger partial charge is 0.496 e. The highest BCUT2D eigenvalue weighted by atomic mass is 16.5. The number of rotatable bonds is 2. The van der Waals surface area contributed by atoms with Gasteiger partial charge in [-0.05, 0) is 35.4 Å². The van der Waals surface area contributed by atoms with Gasteiger partial charge in [0, 0.05) is 5.39 Å². The summed E-state index contributed by atoms with van der Waals surface area (Å²) >= 11 is 0. The van der Waals surface area contributed by atoms with Crippen molar-refractivity contribution in [1.29, 1.82) is 0 Å². The number of hydrogen-bond acceptors (Lipinski definition) is 1. The Morgan fingerprint density at radius 1 is 1.00 bits per heavy atom. The number of ether oxygens (including phenoxy) is 1. The Morgan fingerprint density at radius 2 is 1.75 bits per heavy atom. The van der Waals surface area contributed by atoms with E-state index in [0.29, 0.717) is 5.92 Å². The minimum atomic E-state index is 0.565. The lowest BCUT2D eigenvalue weighted by molar-refractivity contribution is 0.420. The van der Waals surface area contributed by atoms with Crippen LogP contribution in [0.15, 0.2) is 30.3 Å². The van der Waals surface area contributed by atoms with Crippen LogP contribution < -0.4 is 4.74 Å². The molecule has 0 bridgehead atoms. The highest BCUT2D eigenvalue weighted by Crippen LogP contribution is 2.30. The van der Waals surface area contributed by atoms with Crippen molar-refractivity contribution in [3.05, 3.63) is 41.5 Å². The Kier molecular flexibility index (Phi) is 2.86. The van der Waals surface area contributed by atoms with E-state index >= 15 is 0 Å². The van der Waals surface area contributed by atoms with E-state index in [1.165, 1.54) is 21.9 Å². The summed E-state index contributed by atoms with van der Waals surface area (Å²) in [6.07, 6.45) is 0. The van der Waals surface area contributed by atoms with Gasteiger partial charge in [-0.1, -0.05) is 38.1 Å². The maximum atomic E-state index is 5.38. The van der Waals surface area contributed by atoms with E-state index < -0.39 is 0 Å². The van der Waals surface area contributed by atoms with Gasteiger partial charge in [0.15, 0.2) is 0 Å². The van der Waals surface area contributed by atoms with Crippen LogP contribution in [0.25, 0.3) is 10.8 Å². The molecule has 0 aliphatic carbocycles. The molecule has 0 atom stereocenters. The molecule has 0 N–H and O–H groups in total. The molecule has 84 valence electrons. The van der Waals surface area contributed by atoms with Crippen molar-refractivity contribution in [3.8, 4) is 5.75 Å². The summed E-state index contributed by atoms with van der Waals surface area (Å²) in [4.78, 5) is 0. The fourth-order valence-electron chi connectivity index (χ4n) is 2.02. The zero-order chi connectivity index (χ0) is 11.7. The van der Waals surface area contributed by atoms with E-state index in [4.69, 9.17) is 4.74 Å². The molecule has 0 aromatic heterocycles. The molecule has 0 saturated heterocycles. The normalized spacial score (nSPS) is 11.1. The minimum Gasteiger partial charge on any atom is -0.496 e. The molecule has 0 aliphatic heterocycles. The van der Waals surface area contributed by atoms with Gasteiger partial charge in [0.1, 0.15) is 5.75 Å². The average molecular weight is 214 g/mol. The van der Waals surface area contributed by atoms with Crippen LogP contribution >= 0.6 is 0 Å².